The molecule has 1 heterocycles. The molecule has 1 unspecified atom stereocenters. The van der Waals surface area contributed by atoms with Crippen molar-refractivity contribution in [2.75, 3.05) is 0 Å². The van der Waals surface area contributed by atoms with Gasteiger partial charge in [-0.1, -0.05) is 35.3 Å². The van der Waals surface area contributed by atoms with E-state index in [0.717, 1.165) is 5.56 Å². The normalized spacial score (nSPS) is 12.5. The molecule has 1 aromatic carbocycles. The zero-order chi connectivity index (χ0) is 12.4. The Morgan fingerprint density at radius 3 is 2.59 bits per heavy atom. The van der Waals surface area contributed by atoms with Gasteiger partial charge in [-0.25, -0.2) is 0 Å². The number of halogens is 2. The lowest BCUT2D eigenvalue weighted by molar-refractivity contribution is 0.220. The van der Waals surface area contributed by atoms with Crippen molar-refractivity contribution in [1.29, 1.82) is 0 Å². The van der Waals surface area contributed by atoms with Crippen molar-refractivity contribution >= 4 is 23.2 Å². The summed E-state index contributed by atoms with van der Waals surface area (Å²) in [5, 5.41) is 11.3. The summed E-state index contributed by atoms with van der Waals surface area (Å²) in [4.78, 5) is 3.88. The number of aliphatic hydroxyl groups is 1. The van der Waals surface area contributed by atoms with E-state index >= 15 is 0 Å². The monoisotopic (exact) mass is 267 g/mol. The minimum atomic E-state index is -0.788. The fourth-order valence-corrected chi connectivity index (χ4v) is 1.98. The topological polar surface area (TPSA) is 33.1 Å². The number of hydrogen-bond donors (Lipinski definition) is 1. The van der Waals surface area contributed by atoms with Crippen LogP contribution in [0.2, 0.25) is 10.0 Å². The van der Waals surface area contributed by atoms with Crippen molar-refractivity contribution in [3.8, 4) is 0 Å². The molecule has 0 aliphatic rings. The van der Waals surface area contributed by atoms with Crippen LogP contribution in [-0.4, -0.2) is 10.1 Å². The van der Waals surface area contributed by atoms with Crippen molar-refractivity contribution in [3.63, 3.8) is 0 Å². The molecule has 0 radical (unpaired) electrons. The van der Waals surface area contributed by atoms with Gasteiger partial charge in [0.2, 0.25) is 0 Å². The number of nitrogens with zero attached hydrogens (tertiary/aromatic N) is 1. The van der Waals surface area contributed by atoms with Gasteiger partial charge in [0, 0.05) is 23.0 Å². The van der Waals surface area contributed by atoms with Gasteiger partial charge >= 0.3 is 0 Å². The maximum absolute atomic E-state index is 10.2. The molecule has 4 heteroatoms. The van der Waals surface area contributed by atoms with Crippen LogP contribution in [0.25, 0.3) is 0 Å². The minimum Gasteiger partial charge on any atom is -0.384 e. The Morgan fingerprint density at radius 1 is 1.18 bits per heavy atom. The molecule has 0 saturated carbocycles. The van der Waals surface area contributed by atoms with Crippen molar-refractivity contribution < 1.29 is 5.11 Å². The smallest absolute Gasteiger partial charge is 0.106 e. The van der Waals surface area contributed by atoms with Crippen molar-refractivity contribution in [3.05, 3.63) is 63.4 Å². The number of hydrogen-bond acceptors (Lipinski definition) is 2. The van der Waals surface area contributed by atoms with E-state index in [9.17, 15) is 5.11 Å². The molecule has 0 aliphatic heterocycles. The molecule has 1 atom stereocenters. The molecule has 2 rings (SSSR count). The first kappa shape index (κ1) is 12.4. The van der Waals surface area contributed by atoms with Crippen LogP contribution in [0.1, 0.15) is 22.8 Å². The van der Waals surface area contributed by atoms with E-state index in [1.54, 1.807) is 18.3 Å². The van der Waals surface area contributed by atoms with Crippen LogP contribution in [0.15, 0.2) is 36.7 Å². The fourth-order valence-electron chi connectivity index (χ4n) is 1.57. The van der Waals surface area contributed by atoms with Gasteiger partial charge in [-0.15, -0.1) is 0 Å². The van der Waals surface area contributed by atoms with E-state index in [0.29, 0.717) is 21.2 Å². The summed E-state index contributed by atoms with van der Waals surface area (Å²) in [6, 6.07) is 7.15. The average Bonchev–Trinajstić information content (AvgIpc) is 2.32. The largest absolute Gasteiger partial charge is 0.384 e. The third-order valence-corrected chi connectivity index (χ3v) is 3.33. The molecular weight excluding hydrogens is 257 g/mol. The van der Waals surface area contributed by atoms with Crippen LogP contribution in [0.5, 0.6) is 0 Å². The van der Waals surface area contributed by atoms with E-state index in [2.05, 4.69) is 4.98 Å². The molecule has 0 bridgehead atoms. The van der Waals surface area contributed by atoms with Gasteiger partial charge in [0.05, 0.1) is 5.02 Å². The summed E-state index contributed by atoms with van der Waals surface area (Å²) >= 11 is 12.0. The molecule has 0 fully saturated rings. The van der Waals surface area contributed by atoms with Gasteiger partial charge < -0.3 is 5.11 Å². The number of pyridine rings is 1. The highest BCUT2D eigenvalue weighted by atomic mass is 35.5. The van der Waals surface area contributed by atoms with Gasteiger partial charge in [0.25, 0.3) is 0 Å². The lowest BCUT2D eigenvalue weighted by Crippen LogP contribution is -2.01. The number of aromatic nitrogens is 1. The summed E-state index contributed by atoms with van der Waals surface area (Å²) in [6.07, 6.45) is 2.32. The van der Waals surface area contributed by atoms with Crippen LogP contribution >= 0.6 is 23.2 Å². The van der Waals surface area contributed by atoms with E-state index in [1.807, 2.05) is 19.1 Å². The third kappa shape index (κ3) is 2.60. The third-order valence-electron chi connectivity index (χ3n) is 2.61. The van der Waals surface area contributed by atoms with Crippen molar-refractivity contribution in [1.82, 2.24) is 4.98 Å². The van der Waals surface area contributed by atoms with E-state index in [4.69, 9.17) is 23.2 Å². The Morgan fingerprint density at radius 2 is 1.94 bits per heavy atom. The van der Waals surface area contributed by atoms with E-state index in [-0.39, 0.29) is 0 Å². The second kappa shape index (κ2) is 5.05. The van der Waals surface area contributed by atoms with Gasteiger partial charge in [0.1, 0.15) is 6.10 Å². The van der Waals surface area contributed by atoms with Crippen LogP contribution in [0, 0.1) is 6.92 Å². The van der Waals surface area contributed by atoms with E-state index in [1.165, 1.54) is 6.20 Å². The van der Waals surface area contributed by atoms with Gasteiger partial charge in [-0.2, -0.15) is 0 Å². The molecule has 0 amide bonds. The highest BCUT2D eigenvalue weighted by Gasteiger charge is 2.14. The second-order valence-electron chi connectivity index (χ2n) is 3.81. The molecule has 1 N–H and O–H groups in total. The Hall–Kier alpha value is -1.09. The standard InChI is InChI=1S/C13H11Cl2NO/c1-8-2-3-9(6-11(8)14)13(17)10-4-5-16-7-12(10)15/h2-7,13,17H,1H3. The van der Waals surface area contributed by atoms with Gasteiger partial charge in [0.15, 0.2) is 0 Å². The number of benzene rings is 1. The molecule has 2 nitrogen and oxygen atoms in total. The predicted octanol–water partition coefficient (Wildman–Crippen LogP) is 3.78. The highest BCUT2D eigenvalue weighted by Crippen LogP contribution is 2.29. The fraction of sp³-hybridized carbons (Fsp3) is 0.154. The Balaban J connectivity index is 2.40. The highest BCUT2D eigenvalue weighted by molar-refractivity contribution is 6.31. The Kier molecular flexibility index (Phi) is 3.67. The van der Waals surface area contributed by atoms with Crippen LogP contribution < -0.4 is 0 Å². The SMILES string of the molecule is Cc1ccc(C(O)c2ccncc2Cl)cc1Cl. The number of aryl methyl sites for hydroxylation is 1. The minimum absolute atomic E-state index is 0.441. The Bertz CT molecular complexity index is 543. The first-order valence-electron chi connectivity index (χ1n) is 5.13. The lowest BCUT2D eigenvalue weighted by atomic mass is 10.0. The molecular formula is C13H11Cl2NO. The molecule has 1 aromatic heterocycles. The average molecular weight is 268 g/mol. The summed E-state index contributed by atoms with van der Waals surface area (Å²) < 4.78 is 0. The zero-order valence-corrected chi connectivity index (χ0v) is 10.7. The van der Waals surface area contributed by atoms with Gasteiger partial charge in [-0.3, -0.25) is 4.98 Å². The second-order valence-corrected chi connectivity index (χ2v) is 4.62. The van der Waals surface area contributed by atoms with Crippen LogP contribution in [0.4, 0.5) is 0 Å². The molecule has 0 spiro atoms. The quantitative estimate of drug-likeness (QED) is 0.899. The molecule has 0 saturated heterocycles. The summed E-state index contributed by atoms with van der Waals surface area (Å²) in [6.45, 7) is 1.91. The number of rotatable bonds is 2. The molecule has 2 aromatic rings. The summed E-state index contributed by atoms with van der Waals surface area (Å²) in [7, 11) is 0. The van der Waals surface area contributed by atoms with Crippen molar-refractivity contribution in [2.24, 2.45) is 0 Å². The summed E-state index contributed by atoms with van der Waals surface area (Å²) in [5.41, 5.74) is 2.32. The summed E-state index contributed by atoms with van der Waals surface area (Å²) in [5.74, 6) is 0. The Labute approximate surface area is 110 Å². The van der Waals surface area contributed by atoms with Crippen LogP contribution in [0.3, 0.4) is 0 Å². The molecule has 0 aliphatic carbocycles. The predicted molar refractivity (Wildman–Crippen MR) is 69.5 cm³/mol. The first-order valence-corrected chi connectivity index (χ1v) is 5.88. The van der Waals surface area contributed by atoms with E-state index < -0.39 is 6.10 Å². The maximum atomic E-state index is 10.2. The van der Waals surface area contributed by atoms with Crippen LogP contribution in [-0.2, 0) is 0 Å². The lowest BCUT2D eigenvalue weighted by Gasteiger charge is -2.13. The maximum Gasteiger partial charge on any atom is 0.106 e. The molecule has 17 heavy (non-hydrogen) atoms. The molecule has 88 valence electrons. The van der Waals surface area contributed by atoms with Gasteiger partial charge in [-0.05, 0) is 30.2 Å². The first-order chi connectivity index (χ1) is 8.09. The van der Waals surface area contributed by atoms with Crippen molar-refractivity contribution in [2.45, 2.75) is 13.0 Å². The zero-order valence-electron chi connectivity index (χ0n) is 9.19. The number of aliphatic hydroxyl groups excluding tert-OH is 1.